The Kier molecular flexibility index (Phi) is 7.53. The van der Waals surface area contributed by atoms with Crippen molar-refractivity contribution in [3.63, 3.8) is 0 Å². The Morgan fingerprint density at radius 3 is 2.00 bits per heavy atom. The summed E-state index contributed by atoms with van der Waals surface area (Å²) in [6, 6.07) is 22.8. The lowest BCUT2D eigenvalue weighted by molar-refractivity contribution is -0.146. The van der Waals surface area contributed by atoms with Crippen LogP contribution in [0.1, 0.15) is 11.1 Å². The number of ether oxygens (including phenoxy) is 1. The maximum Gasteiger partial charge on any atom is 0.323 e. The fourth-order valence-electron chi connectivity index (χ4n) is 2.65. The van der Waals surface area contributed by atoms with Crippen molar-refractivity contribution in [2.75, 3.05) is 0 Å². The van der Waals surface area contributed by atoms with E-state index < -0.39 is 12.0 Å². The summed E-state index contributed by atoms with van der Waals surface area (Å²) in [7, 11) is 0. The lowest BCUT2D eigenvalue weighted by Crippen LogP contribution is -2.34. The molecule has 0 saturated heterocycles. The summed E-state index contributed by atoms with van der Waals surface area (Å²) in [5.74, 6) is -0.679. The number of esters is 1. The molecule has 0 fully saturated rings. The van der Waals surface area contributed by atoms with Gasteiger partial charge in [0.25, 0.3) is 0 Å². The molecule has 0 aliphatic heterocycles. The Morgan fingerprint density at radius 2 is 1.41 bits per heavy atom. The minimum absolute atomic E-state index is 0. The van der Waals surface area contributed by atoms with Gasteiger partial charge in [0.1, 0.15) is 18.5 Å². The zero-order valence-corrected chi connectivity index (χ0v) is 15.5. The average Bonchev–Trinajstić information content (AvgIpc) is 2.68. The SMILES string of the molecule is Cl.NC(Cc1ccc(-c2ccc(F)cc2)cc1)C(=O)OCc1ccccc1. The first-order valence-corrected chi connectivity index (χ1v) is 8.43. The molecule has 27 heavy (non-hydrogen) atoms. The summed E-state index contributed by atoms with van der Waals surface area (Å²) in [4.78, 5) is 12.1. The third-order valence-electron chi connectivity index (χ3n) is 4.11. The first-order chi connectivity index (χ1) is 12.6. The zero-order chi connectivity index (χ0) is 18.4. The van der Waals surface area contributed by atoms with Crippen LogP contribution in [-0.4, -0.2) is 12.0 Å². The van der Waals surface area contributed by atoms with E-state index in [1.807, 2.05) is 54.6 Å². The number of halogens is 2. The predicted molar refractivity (Wildman–Crippen MR) is 107 cm³/mol. The highest BCUT2D eigenvalue weighted by atomic mass is 35.5. The Morgan fingerprint density at radius 1 is 0.852 bits per heavy atom. The maximum absolute atomic E-state index is 13.0. The third-order valence-corrected chi connectivity index (χ3v) is 4.11. The van der Waals surface area contributed by atoms with Crippen molar-refractivity contribution in [3.8, 4) is 11.1 Å². The third kappa shape index (κ3) is 5.91. The first kappa shape index (κ1) is 20.6. The Labute approximate surface area is 164 Å². The number of carbonyl (C=O) groups excluding carboxylic acids is 1. The molecule has 0 saturated carbocycles. The molecule has 1 unspecified atom stereocenters. The molecular formula is C22H21ClFNO2. The molecule has 0 radical (unpaired) electrons. The van der Waals surface area contributed by atoms with Crippen LogP contribution in [0.2, 0.25) is 0 Å². The monoisotopic (exact) mass is 385 g/mol. The molecule has 3 nitrogen and oxygen atoms in total. The van der Waals surface area contributed by atoms with Crippen LogP contribution in [0.25, 0.3) is 11.1 Å². The van der Waals surface area contributed by atoms with Crippen LogP contribution in [-0.2, 0) is 22.6 Å². The average molecular weight is 386 g/mol. The van der Waals surface area contributed by atoms with Gasteiger partial charge >= 0.3 is 5.97 Å². The Hall–Kier alpha value is -2.69. The van der Waals surface area contributed by atoms with Gasteiger partial charge in [0.15, 0.2) is 0 Å². The number of nitrogens with two attached hydrogens (primary N) is 1. The largest absolute Gasteiger partial charge is 0.460 e. The number of benzene rings is 3. The molecule has 0 aliphatic rings. The summed E-state index contributed by atoms with van der Waals surface area (Å²) < 4.78 is 18.3. The van der Waals surface area contributed by atoms with E-state index in [0.717, 1.165) is 22.3 Å². The van der Waals surface area contributed by atoms with Crippen LogP contribution in [0.4, 0.5) is 4.39 Å². The topological polar surface area (TPSA) is 52.3 Å². The first-order valence-electron chi connectivity index (χ1n) is 8.43. The summed E-state index contributed by atoms with van der Waals surface area (Å²) >= 11 is 0. The van der Waals surface area contributed by atoms with E-state index in [4.69, 9.17) is 10.5 Å². The van der Waals surface area contributed by atoms with Gasteiger partial charge in [-0.05, 0) is 40.8 Å². The van der Waals surface area contributed by atoms with Crippen molar-refractivity contribution < 1.29 is 13.9 Å². The van der Waals surface area contributed by atoms with Crippen molar-refractivity contribution >= 4 is 18.4 Å². The lowest BCUT2D eigenvalue weighted by atomic mass is 10.0. The second-order valence-electron chi connectivity index (χ2n) is 6.11. The number of hydrogen-bond acceptors (Lipinski definition) is 3. The van der Waals surface area contributed by atoms with E-state index in [2.05, 4.69) is 0 Å². The van der Waals surface area contributed by atoms with E-state index in [-0.39, 0.29) is 24.8 Å². The highest BCUT2D eigenvalue weighted by Crippen LogP contribution is 2.20. The van der Waals surface area contributed by atoms with Crippen molar-refractivity contribution in [1.82, 2.24) is 0 Å². The molecule has 1 atom stereocenters. The molecule has 0 bridgehead atoms. The minimum Gasteiger partial charge on any atom is -0.460 e. The van der Waals surface area contributed by atoms with Crippen LogP contribution in [0, 0.1) is 5.82 Å². The summed E-state index contributed by atoms with van der Waals surface area (Å²) in [6.45, 7) is 0.219. The van der Waals surface area contributed by atoms with E-state index in [1.54, 1.807) is 12.1 Å². The van der Waals surface area contributed by atoms with E-state index in [0.29, 0.717) is 6.42 Å². The molecule has 0 aliphatic carbocycles. The molecule has 3 aromatic rings. The van der Waals surface area contributed by atoms with Gasteiger partial charge in [-0.2, -0.15) is 0 Å². The highest BCUT2D eigenvalue weighted by Gasteiger charge is 2.16. The molecule has 140 valence electrons. The number of hydrogen-bond donors (Lipinski definition) is 1. The maximum atomic E-state index is 13.0. The quantitative estimate of drug-likeness (QED) is 0.634. The molecule has 3 aromatic carbocycles. The van der Waals surface area contributed by atoms with E-state index in [9.17, 15) is 9.18 Å². The second kappa shape index (κ2) is 9.86. The van der Waals surface area contributed by atoms with E-state index in [1.165, 1.54) is 12.1 Å². The van der Waals surface area contributed by atoms with E-state index >= 15 is 0 Å². The van der Waals surface area contributed by atoms with Gasteiger partial charge in [-0.15, -0.1) is 12.4 Å². The number of rotatable bonds is 6. The van der Waals surface area contributed by atoms with Crippen LogP contribution in [0.5, 0.6) is 0 Å². The Bertz CT molecular complexity index is 852. The standard InChI is InChI=1S/C22H20FNO2.ClH/c23-20-12-10-19(11-13-20)18-8-6-16(7-9-18)14-21(24)22(25)26-15-17-4-2-1-3-5-17;/h1-13,21H,14-15,24H2;1H. The van der Waals surface area contributed by atoms with Crippen LogP contribution < -0.4 is 5.73 Å². The molecular weight excluding hydrogens is 365 g/mol. The molecule has 0 heterocycles. The van der Waals surface area contributed by atoms with Gasteiger partial charge < -0.3 is 10.5 Å². The van der Waals surface area contributed by atoms with Crippen LogP contribution >= 0.6 is 12.4 Å². The predicted octanol–water partition coefficient (Wildman–Crippen LogP) is 4.53. The van der Waals surface area contributed by atoms with Gasteiger partial charge in [0.05, 0.1) is 0 Å². The van der Waals surface area contributed by atoms with Gasteiger partial charge in [0.2, 0.25) is 0 Å². The summed E-state index contributed by atoms with van der Waals surface area (Å²) in [6.07, 6.45) is 0.400. The van der Waals surface area contributed by atoms with Crippen molar-refractivity contribution in [1.29, 1.82) is 0 Å². The highest BCUT2D eigenvalue weighted by molar-refractivity contribution is 5.85. The second-order valence-corrected chi connectivity index (χ2v) is 6.11. The van der Waals surface area contributed by atoms with Gasteiger partial charge in [-0.3, -0.25) is 4.79 Å². The Balaban J connectivity index is 0.00000261. The molecule has 2 N–H and O–H groups in total. The minimum atomic E-state index is -0.713. The fourth-order valence-corrected chi connectivity index (χ4v) is 2.65. The lowest BCUT2D eigenvalue weighted by Gasteiger charge is -2.12. The van der Waals surface area contributed by atoms with Crippen molar-refractivity contribution in [2.45, 2.75) is 19.1 Å². The molecule has 3 rings (SSSR count). The molecule has 0 amide bonds. The molecule has 0 aromatic heterocycles. The molecule has 0 spiro atoms. The molecule has 5 heteroatoms. The van der Waals surface area contributed by atoms with Gasteiger partial charge in [-0.1, -0.05) is 66.7 Å². The van der Waals surface area contributed by atoms with Gasteiger partial charge in [0, 0.05) is 0 Å². The van der Waals surface area contributed by atoms with Crippen molar-refractivity contribution in [3.05, 3.63) is 95.8 Å². The van der Waals surface area contributed by atoms with Gasteiger partial charge in [-0.25, -0.2) is 4.39 Å². The van der Waals surface area contributed by atoms with Crippen molar-refractivity contribution in [2.24, 2.45) is 5.73 Å². The summed E-state index contributed by atoms with van der Waals surface area (Å²) in [5, 5.41) is 0. The fraction of sp³-hybridized carbons (Fsp3) is 0.136. The zero-order valence-electron chi connectivity index (χ0n) is 14.7. The number of carbonyl (C=O) groups is 1. The normalized spacial score (nSPS) is 11.3. The van der Waals surface area contributed by atoms with Crippen LogP contribution in [0.3, 0.4) is 0 Å². The smallest absolute Gasteiger partial charge is 0.323 e. The van der Waals surface area contributed by atoms with Crippen LogP contribution in [0.15, 0.2) is 78.9 Å². The summed E-state index contributed by atoms with van der Waals surface area (Å²) in [5.41, 5.74) is 9.75.